The predicted octanol–water partition coefficient (Wildman–Crippen LogP) is 4.15. The quantitative estimate of drug-likeness (QED) is 0.401. The van der Waals surface area contributed by atoms with Gasteiger partial charge in [-0.25, -0.2) is 4.98 Å². The molecule has 202 valence electrons. The lowest BCUT2D eigenvalue weighted by Gasteiger charge is -2.43. The van der Waals surface area contributed by atoms with Gasteiger partial charge in [-0.1, -0.05) is 12.6 Å². The molecule has 10 nitrogen and oxygen atoms in total. The second-order valence-electron chi connectivity index (χ2n) is 9.09. The Morgan fingerprint density at radius 3 is 2.69 bits per heavy atom. The first-order valence-corrected chi connectivity index (χ1v) is 11.9. The number of rotatable bonds is 6. The maximum Gasteiger partial charge on any atom is 0.421 e. The number of benzene rings is 2. The SMILES string of the molecule is C=CC(=O)Nc1cccc(Nc2nc(Nc3ccc4c(c3)OC[C@H]3CN(C)CC(=O)N43)ncc2C(F)(F)F)c1. The van der Waals surface area contributed by atoms with Crippen LogP contribution in [0.25, 0.3) is 0 Å². The molecule has 1 atom stereocenters. The minimum absolute atomic E-state index is 0.0334. The van der Waals surface area contributed by atoms with Gasteiger partial charge < -0.3 is 25.6 Å². The van der Waals surface area contributed by atoms with Crippen molar-refractivity contribution in [1.29, 1.82) is 0 Å². The molecular weight excluding hydrogens is 515 g/mol. The molecule has 2 aromatic carbocycles. The van der Waals surface area contributed by atoms with Gasteiger partial charge in [-0.3, -0.25) is 14.5 Å². The molecule has 2 amide bonds. The highest BCUT2D eigenvalue weighted by Gasteiger charge is 2.37. The van der Waals surface area contributed by atoms with E-state index < -0.39 is 23.5 Å². The van der Waals surface area contributed by atoms with Gasteiger partial charge in [0.05, 0.1) is 18.3 Å². The average Bonchev–Trinajstić information content (AvgIpc) is 2.87. The van der Waals surface area contributed by atoms with Gasteiger partial charge in [0.25, 0.3) is 0 Å². The summed E-state index contributed by atoms with van der Waals surface area (Å²) in [6.07, 6.45) is -2.96. The van der Waals surface area contributed by atoms with E-state index in [4.69, 9.17) is 4.74 Å². The van der Waals surface area contributed by atoms with Crippen molar-refractivity contribution >= 4 is 46.3 Å². The van der Waals surface area contributed by atoms with E-state index >= 15 is 0 Å². The lowest BCUT2D eigenvalue weighted by molar-refractivity contribution is -0.137. The van der Waals surface area contributed by atoms with Gasteiger partial charge >= 0.3 is 6.18 Å². The van der Waals surface area contributed by atoms with Crippen molar-refractivity contribution in [2.45, 2.75) is 12.2 Å². The number of piperazine rings is 1. The number of carbonyl (C=O) groups excluding carboxylic acids is 2. The highest BCUT2D eigenvalue weighted by Crippen LogP contribution is 2.39. The molecule has 5 rings (SSSR count). The van der Waals surface area contributed by atoms with Crippen LogP contribution in [0, 0.1) is 0 Å². The van der Waals surface area contributed by atoms with E-state index in [1.807, 2.05) is 11.9 Å². The van der Waals surface area contributed by atoms with Crippen LogP contribution < -0.4 is 25.6 Å². The fourth-order valence-electron chi connectivity index (χ4n) is 4.45. The molecule has 1 fully saturated rings. The molecule has 2 aliphatic rings. The minimum Gasteiger partial charge on any atom is -0.489 e. The topological polar surface area (TPSA) is 112 Å². The largest absolute Gasteiger partial charge is 0.489 e. The zero-order valence-corrected chi connectivity index (χ0v) is 20.7. The fraction of sp³-hybridized carbons (Fsp3) is 0.231. The minimum atomic E-state index is -4.72. The first-order chi connectivity index (χ1) is 18.6. The number of fused-ring (bicyclic) bond motifs is 3. The molecule has 3 aromatic rings. The van der Waals surface area contributed by atoms with Crippen LogP contribution in [0.5, 0.6) is 5.75 Å². The third-order valence-electron chi connectivity index (χ3n) is 6.14. The van der Waals surface area contributed by atoms with Gasteiger partial charge in [0, 0.05) is 35.9 Å². The Morgan fingerprint density at radius 1 is 1.15 bits per heavy atom. The number of ether oxygens (including phenoxy) is 1. The number of anilines is 6. The van der Waals surface area contributed by atoms with Crippen molar-refractivity contribution in [2.24, 2.45) is 0 Å². The van der Waals surface area contributed by atoms with Crippen LogP contribution in [-0.2, 0) is 15.8 Å². The molecule has 13 heteroatoms. The Bertz CT molecular complexity index is 1450. The molecule has 0 saturated carbocycles. The van der Waals surface area contributed by atoms with Crippen LogP contribution in [-0.4, -0.2) is 59.5 Å². The monoisotopic (exact) mass is 539 g/mol. The Morgan fingerprint density at radius 2 is 1.92 bits per heavy atom. The van der Waals surface area contributed by atoms with Crippen molar-refractivity contribution < 1.29 is 27.5 Å². The molecule has 0 unspecified atom stereocenters. The highest BCUT2D eigenvalue weighted by atomic mass is 19.4. The van der Waals surface area contributed by atoms with E-state index in [2.05, 4.69) is 32.5 Å². The Balaban J connectivity index is 1.40. The van der Waals surface area contributed by atoms with Crippen LogP contribution in [0.15, 0.2) is 61.3 Å². The van der Waals surface area contributed by atoms with Crippen LogP contribution in [0.3, 0.4) is 0 Å². The summed E-state index contributed by atoms with van der Waals surface area (Å²) in [5.74, 6) is -0.594. The summed E-state index contributed by atoms with van der Waals surface area (Å²) in [5.41, 5.74) is 0.659. The van der Waals surface area contributed by atoms with Gasteiger partial charge in [0.15, 0.2) is 0 Å². The maximum atomic E-state index is 13.7. The fourth-order valence-corrected chi connectivity index (χ4v) is 4.45. The van der Waals surface area contributed by atoms with Crippen LogP contribution >= 0.6 is 0 Å². The number of aromatic nitrogens is 2. The first-order valence-electron chi connectivity index (χ1n) is 11.9. The Labute approximate surface area is 221 Å². The van der Waals surface area contributed by atoms with Crippen molar-refractivity contribution in [3.63, 3.8) is 0 Å². The molecule has 0 aliphatic carbocycles. The summed E-state index contributed by atoms with van der Waals surface area (Å²) in [6.45, 7) is 4.68. The number of amides is 2. The first kappa shape index (κ1) is 26.0. The molecule has 0 radical (unpaired) electrons. The molecule has 39 heavy (non-hydrogen) atoms. The zero-order valence-electron chi connectivity index (χ0n) is 20.7. The molecule has 3 N–H and O–H groups in total. The molecule has 3 heterocycles. The Kier molecular flexibility index (Phi) is 6.83. The zero-order chi connectivity index (χ0) is 27.7. The van der Waals surface area contributed by atoms with E-state index in [1.54, 1.807) is 35.2 Å². The van der Waals surface area contributed by atoms with E-state index in [1.165, 1.54) is 12.1 Å². The number of nitrogens with one attached hydrogen (secondary N) is 3. The summed E-state index contributed by atoms with van der Waals surface area (Å²) in [4.78, 5) is 35.8. The van der Waals surface area contributed by atoms with Crippen molar-refractivity contribution in [2.75, 3.05) is 47.6 Å². The number of nitrogens with zero attached hydrogens (tertiary/aromatic N) is 4. The van der Waals surface area contributed by atoms with Crippen molar-refractivity contribution in [3.8, 4) is 5.75 Å². The van der Waals surface area contributed by atoms with E-state index in [0.29, 0.717) is 48.7 Å². The summed E-state index contributed by atoms with van der Waals surface area (Å²) >= 11 is 0. The molecule has 2 aliphatic heterocycles. The van der Waals surface area contributed by atoms with Crippen LogP contribution in [0.2, 0.25) is 0 Å². The van der Waals surface area contributed by atoms with E-state index in [0.717, 1.165) is 6.08 Å². The highest BCUT2D eigenvalue weighted by molar-refractivity contribution is 5.99. The summed E-state index contributed by atoms with van der Waals surface area (Å²) < 4.78 is 47.1. The maximum absolute atomic E-state index is 13.7. The van der Waals surface area contributed by atoms with E-state index in [-0.39, 0.29) is 23.6 Å². The van der Waals surface area contributed by atoms with Gasteiger partial charge in [-0.05, 0) is 43.5 Å². The summed E-state index contributed by atoms with van der Waals surface area (Å²) in [6, 6.07) is 11.1. The number of hydrogen-bond donors (Lipinski definition) is 3. The Hall–Kier alpha value is -4.65. The number of carbonyl (C=O) groups is 2. The molecule has 1 saturated heterocycles. The molecular formula is C26H24F3N7O3. The molecule has 1 aromatic heterocycles. The number of hydrogen-bond acceptors (Lipinski definition) is 8. The molecule has 0 spiro atoms. The van der Waals surface area contributed by atoms with Gasteiger partial charge in [-0.15, -0.1) is 0 Å². The summed E-state index contributed by atoms with van der Waals surface area (Å²) in [7, 11) is 1.88. The summed E-state index contributed by atoms with van der Waals surface area (Å²) in [5, 5.41) is 8.12. The normalized spacial score (nSPS) is 17.0. The average molecular weight is 540 g/mol. The lowest BCUT2D eigenvalue weighted by atomic mass is 10.1. The van der Waals surface area contributed by atoms with Gasteiger partial charge in [0.1, 0.15) is 23.7 Å². The second-order valence-corrected chi connectivity index (χ2v) is 9.09. The third kappa shape index (κ3) is 5.62. The van der Waals surface area contributed by atoms with E-state index in [9.17, 15) is 22.8 Å². The smallest absolute Gasteiger partial charge is 0.421 e. The lowest BCUT2D eigenvalue weighted by Crippen LogP contribution is -2.59. The van der Waals surface area contributed by atoms with Gasteiger partial charge in [0.2, 0.25) is 17.8 Å². The van der Waals surface area contributed by atoms with Crippen LogP contribution in [0.1, 0.15) is 5.56 Å². The predicted molar refractivity (Wildman–Crippen MR) is 140 cm³/mol. The number of halogens is 3. The molecule has 0 bridgehead atoms. The van der Waals surface area contributed by atoms with Gasteiger partial charge in [-0.2, -0.15) is 18.2 Å². The van der Waals surface area contributed by atoms with Crippen LogP contribution in [0.4, 0.5) is 47.7 Å². The number of likely N-dealkylation sites (N-methyl/N-ethyl adjacent to an activating group) is 1. The van der Waals surface area contributed by atoms with Crippen molar-refractivity contribution in [3.05, 3.63) is 66.9 Å². The number of alkyl halides is 3. The van der Waals surface area contributed by atoms with Crippen molar-refractivity contribution in [1.82, 2.24) is 14.9 Å². The second kappa shape index (κ2) is 10.3. The standard InChI is InChI=1S/C26H24F3N7O3/c1-3-22(37)31-15-5-4-6-16(9-15)32-24-19(26(27,28)29)11-30-25(34-24)33-17-7-8-20-21(10-17)39-14-18-12-35(2)13-23(38)36(18)20/h3-11,18H,1,12-14H2,2H3,(H,31,37)(H2,30,32,33,34)/t18-/m1/s1. The third-order valence-corrected chi connectivity index (χ3v) is 6.14.